The first kappa shape index (κ1) is 21.4. The summed E-state index contributed by atoms with van der Waals surface area (Å²) in [5.41, 5.74) is 0.944. The van der Waals surface area contributed by atoms with Gasteiger partial charge in [0.2, 0.25) is 5.91 Å². The van der Waals surface area contributed by atoms with Gasteiger partial charge in [-0.15, -0.1) is 11.3 Å². The fourth-order valence-corrected chi connectivity index (χ4v) is 5.31. The molecule has 1 aliphatic heterocycles. The van der Waals surface area contributed by atoms with Crippen LogP contribution in [0.3, 0.4) is 0 Å². The summed E-state index contributed by atoms with van der Waals surface area (Å²) in [6.07, 6.45) is 1.28. The summed E-state index contributed by atoms with van der Waals surface area (Å²) in [6.45, 7) is 1.40. The molecule has 1 aromatic carbocycles. The summed E-state index contributed by atoms with van der Waals surface area (Å²) < 4.78 is 6.48. The van der Waals surface area contributed by atoms with Crippen molar-refractivity contribution >= 4 is 58.2 Å². The summed E-state index contributed by atoms with van der Waals surface area (Å²) >= 11 is 14.7. The van der Waals surface area contributed by atoms with E-state index in [1.165, 1.54) is 28.5 Å². The third-order valence-electron chi connectivity index (χ3n) is 4.21. The number of benzene rings is 1. The van der Waals surface area contributed by atoms with Crippen LogP contribution in [0.1, 0.15) is 28.9 Å². The van der Waals surface area contributed by atoms with Gasteiger partial charge in [0, 0.05) is 34.1 Å². The first-order chi connectivity index (χ1) is 13.4. The highest BCUT2D eigenvalue weighted by Crippen LogP contribution is 2.25. The molecule has 10 heteroatoms. The number of likely N-dealkylation sites (tertiary alicyclic amines) is 1. The van der Waals surface area contributed by atoms with Crippen LogP contribution in [0.5, 0.6) is 0 Å². The normalized spacial score (nSPS) is 16.7. The van der Waals surface area contributed by atoms with Crippen molar-refractivity contribution < 1.29 is 19.4 Å². The van der Waals surface area contributed by atoms with Crippen LogP contribution in [0.2, 0.25) is 10.0 Å². The van der Waals surface area contributed by atoms with Crippen LogP contribution in [-0.4, -0.2) is 51.8 Å². The number of hydrogen-bond acceptors (Lipinski definition) is 6. The van der Waals surface area contributed by atoms with Crippen LogP contribution in [0.15, 0.2) is 27.9 Å². The summed E-state index contributed by atoms with van der Waals surface area (Å²) in [4.78, 5) is 28.9. The van der Waals surface area contributed by atoms with E-state index in [4.69, 9.17) is 33.0 Å². The number of thioether (sulfide) groups is 1. The Bertz CT molecular complexity index is 842. The molecule has 0 bridgehead atoms. The van der Waals surface area contributed by atoms with E-state index < -0.39 is 5.97 Å². The molecule has 6 nitrogen and oxygen atoms in total. The van der Waals surface area contributed by atoms with E-state index in [1.54, 1.807) is 18.2 Å². The number of rotatable bonds is 9. The Morgan fingerprint density at radius 3 is 2.79 bits per heavy atom. The Balaban J connectivity index is 1.46. The minimum Gasteiger partial charge on any atom is -0.476 e. The van der Waals surface area contributed by atoms with E-state index in [0.29, 0.717) is 46.3 Å². The van der Waals surface area contributed by atoms with Gasteiger partial charge in [0.1, 0.15) is 0 Å². The molecule has 28 heavy (non-hydrogen) atoms. The topological polar surface area (TPSA) is 79.7 Å². The molecule has 1 N–H and O–H groups in total. The second-order valence-corrected chi connectivity index (χ2v) is 9.30. The van der Waals surface area contributed by atoms with E-state index in [2.05, 4.69) is 4.98 Å². The van der Waals surface area contributed by atoms with Crippen LogP contribution in [0.25, 0.3) is 0 Å². The smallest absolute Gasteiger partial charge is 0.355 e. The molecule has 1 saturated heterocycles. The zero-order valence-electron chi connectivity index (χ0n) is 14.8. The molecule has 1 amide bonds. The van der Waals surface area contributed by atoms with E-state index in [1.807, 2.05) is 4.90 Å². The van der Waals surface area contributed by atoms with Gasteiger partial charge >= 0.3 is 5.97 Å². The first-order valence-corrected chi connectivity index (χ1v) is 11.2. The molecule has 0 aliphatic carbocycles. The van der Waals surface area contributed by atoms with Gasteiger partial charge in [-0.3, -0.25) is 4.79 Å². The van der Waals surface area contributed by atoms with Gasteiger partial charge in [0.25, 0.3) is 0 Å². The molecule has 150 valence electrons. The highest BCUT2D eigenvalue weighted by atomic mass is 35.5. The van der Waals surface area contributed by atoms with Crippen molar-refractivity contribution in [2.75, 3.05) is 18.9 Å². The molecule has 2 heterocycles. The van der Waals surface area contributed by atoms with Crippen LogP contribution in [0.4, 0.5) is 0 Å². The standard InChI is InChI=1S/C18H18Cl2N2O4S2/c19-12-5-11(6-13(20)7-12)8-26-9-14-1-2-16(23)22(14)3-4-27-18-21-15(10-28-18)17(24)25/h5-7,10,14H,1-4,8-9H2,(H,24,25)/t14-/m1/s1. The molecular weight excluding hydrogens is 443 g/mol. The van der Waals surface area contributed by atoms with E-state index in [9.17, 15) is 9.59 Å². The zero-order valence-corrected chi connectivity index (χ0v) is 17.9. The van der Waals surface area contributed by atoms with E-state index in [0.717, 1.165) is 12.0 Å². The van der Waals surface area contributed by atoms with Gasteiger partial charge in [-0.2, -0.15) is 0 Å². The van der Waals surface area contributed by atoms with Crippen molar-refractivity contribution in [2.45, 2.75) is 29.8 Å². The average Bonchev–Trinajstić information content (AvgIpc) is 3.23. The monoisotopic (exact) mass is 460 g/mol. The van der Waals surface area contributed by atoms with E-state index in [-0.39, 0.29) is 17.6 Å². The molecule has 0 saturated carbocycles. The summed E-state index contributed by atoms with van der Waals surface area (Å²) in [5.74, 6) is -0.264. The molecule has 2 aromatic rings. The number of halogens is 2. The number of aromatic nitrogens is 1. The third-order valence-corrected chi connectivity index (χ3v) is 6.65. The lowest BCUT2D eigenvalue weighted by molar-refractivity contribution is -0.129. The molecule has 1 fully saturated rings. The molecule has 3 rings (SSSR count). The average molecular weight is 461 g/mol. The molecule has 0 spiro atoms. The number of carbonyl (C=O) groups is 2. The van der Waals surface area contributed by atoms with Gasteiger partial charge in [0.15, 0.2) is 10.0 Å². The summed E-state index contributed by atoms with van der Waals surface area (Å²) in [6, 6.07) is 5.32. The molecule has 1 aliphatic rings. The highest BCUT2D eigenvalue weighted by molar-refractivity contribution is 8.01. The third kappa shape index (κ3) is 5.84. The molecule has 1 aromatic heterocycles. The Labute approximate surface area is 180 Å². The SMILES string of the molecule is O=C(O)c1csc(SCCN2C(=O)CC[C@@H]2COCc2cc(Cl)cc(Cl)c2)n1. The Hall–Kier alpha value is -1.32. The van der Waals surface area contributed by atoms with Crippen molar-refractivity contribution in [1.82, 2.24) is 9.88 Å². The predicted molar refractivity (Wildman–Crippen MR) is 111 cm³/mol. The largest absolute Gasteiger partial charge is 0.476 e. The van der Waals surface area contributed by atoms with Gasteiger partial charge in [-0.05, 0) is 30.2 Å². The summed E-state index contributed by atoms with van der Waals surface area (Å²) in [7, 11) is 0. The molecular formula is C18H18Cl2N2O4S2. The van der Waals surface area contributed by atoms with Crippen LogP contribution < -0.4 is 0 Å². The second-order valence-electron chi connectivity index (χ2n) is 6.22. The Morgan fingerprint density at radius 2 is 2.11 bits per heavy atom. The summed E-state index contributed by atoms with van der Waals surface area (Å²) in [5, 5.41) is 11.6. The number of nitrogens with zero attached hydrogens (tertiary/aromatic N) is 2. The van der Waals surface area contributed by atoms with Crippen LogP contribution in [0, 0.1) is 0 Å². The first-order valence-electron chi connectivity index (χ1n) is 8.56. The maximum atomic E-state index is 12.2. The van der Waals surface area contributed by atoms with Crippen molar-refractivity contribution in [1.29, 1.82) is 0 Å². The number of carbonyl (C=O) groups excluding carboxylic acids is 1. The van der Waals surface area contributed by atoms with E-state index >= 15 is 0 Å². The van der Waals surface area contributed by atoms with Gasteiger partial charge < -0.3 is 14.7 Å². The van der Waals surface area contributed by atoms with Gasteiger partial charge in [-0.25, -0.2) is 9.78 Å². The van der Waals surface area contributed by atoms with Crippen molar-refractivity contribution in [2.24, 2.45) is 0 Å². The number of thiazole rings is 1. The minimum atomic E-state index is -1.03. The van der Waals surface area contributed by atoms with Gasteiger partial charge in [-0.1, -0.05) is 35.0 Å². The quantitative estimate of drug-likeness (QED) is 0.556. The molecule has 1 atom stereocenters. The Kier molecular flexibility index (Phi) is 7.59. The minimum absolute atomic E-state index is 0.0358. The molecule has 0 unspecified atom stereocenters. The number of aromatic carboxylic acids is 1. The lowest BCUT2D eigenvalue weighted by Crippen LogP contribution is -2.37. The molecule has 0 radical (unpaired) electrons. The number of ether oxygens (including phenoxy) is 1. The lowest BCUT2D eigenvalue weighted by Gasteiger charge is -2.24. The predicted octanol–water partition coefficient (Wildman–Crippen LogP) is 4.45. The number of carboxylic acid groups (broad SMARTS) is 1. The van der Waals surface area contributed by atoms with Crippen LogP contribution in [-0.2, 0) is 16.1 Å². The van der Waals surface area contributed by atoms with Gasteiger partial charge in [0.05, 0.1) is 19.3 Å². The maximum absolute atomic E-state index is 12.2. The van der Waals surface area contributed by atoms with Crippen molar-refractivity contribution in [3.8, 4) is 0 Å². The Morgan fingerprint density at radius 1 is 1.36 bits per heavy atom. The van der Waals surface area contributed by atoms with Crippen molar-refractivity contribution in [3.63, 3.8) is 0 Å². The lowest BCUT2D eigenvalue weighted by atomic mass is 10.2. The number of hydrogen-bond donors (Lipinski definition) is 1. The fraction of sp³-hybridized carbons (Fsp3) is 0.389. The van der Waals surface area contributed by atoms with Crippen LogP contribution >= 0.6 is 46.3 Å². The maximum Gasteiger partial charge on any atom is 0.355 e. The van der Waals surface area contributed by atoms with Crippen molar-refractivity contribution in [3.05, 3.63) is 44.9 Å². The fourth-order valence-electron chi connectivity index (χ4n) is 2.93. The highest BCUT2D eigenvalue weighted by Gasteiger charge is 2.30. The zero-order chi connectivity index (χ0) is 20.1. The number of carboxylic acids is 1. The second kappa shape index (κ2) is 9.93. The number of amides is 1.